The van der Waals surface area contributed by atoms with Crippen molar-refractivity contribution in [2.24, 2.45) is 0 Å². The second-order valence-corrected chi connectivity index (χ2v) is 4.16. The normalized spacial score (nSPS) is 23.0. The molecule has 1 heterocycles. The Morgan fingerprint density at radius 2 is 2.00 bits per heavy atom. The number of amides is 2. The molecule has 6 nitrogen and oxygen atoms in total. The number of alkyl halides is 1. The molecule has 2 rings (SSSR count). The minimum atomic E-state index is -1.23. The summed E-state index contributed by atoms with van der Waals surface area (Å²) < 4.78 is 13.0. The van der Waals surface area contributed by atoms with E-state index in [1.54, 1.807) is 0 Å². The average molecular weight is 273 g/mol. The van der Waals surface area contributed by atoms with Crippen LogP contribution in [0.25, 0.3) is 0 Å². The van der Waals surface area contributed by atoms with Crippen LogP contribution in [0.15, 0.2) is 18.2 Å². The first kappa shape index (κ1) is 12.4. The van der Waals surface area contributed by atoms with Gasteiger partial charge in [-0.3, -0.25) is 25.0 Å². The van der Waals surface area contributed by atoms with Gasteiger partial charge in [-0.05, 0) is 12.1 Å². The van der Waals surface area contributed by atoms with Crippen molar-refractivity contribution in [1.29, 1.82) is 0 Å². The first-order chi connectivity index (χ1) is 8.41. The summed E-state index contributed by atoms with van der Waals surface area (Å²) >= 11 is 5.73. The number of rotatable bonds is 2. The molecule has 2 atom stereocenters. The monoisotopic (exact) mass is 272 g/mol. The van der Waals surface area contributed by atoms with E-state index in [4.69, 9.17) is 11.6 Å². The molecule has 0 radical (unpaired) electrons. The molecule has 1 aromatic carbocycles. The summed E-state index contributed by atoms with van der Waals surface area (Å²) in [5, 5.41) is 11.5. The van der Waals surface area contributed by atoms with Gasteiger partial charge in [-0.1, -0.05) is 0 Å². The van der Waals surface area contributed by atoms with E-state index in [1.165, 1.54) is 0 Å². The second-order valence-electron chi connectivity index (χ2n) is 3.69. The number of hydrogen-bond donors (Lipinski definition) is 1. The molecular weight excluding hydrogens is 267 g/mol. The Balaban J connectivity index is 2.54. The summed E-state index contributed by atoms with van der Waals surface area (Å²) in [6.45, 7) is 0. The molecule has 1 aromatic rings. The van der Waals surface area contributed by atoms with E-state index >= 15 is 0 Å². The number of nitrogens with one attached hydrogen (secondary N) is 1. The van der Waals surface area contributed by atoms with Crippen LogP contribution in [0.3, 0.4) is 0 Å². The Morgan fingerprint density at radius 3 is 2.50 bits per heavy atom. The quantitative estimate of drug-likeness (QED) is 0.377. The van der Waals surface area contributed by atoms with E-state index in [-0.39, 0.29) is 5.56 Å². The van der Waals surface area contributed by atoms with Gasteiger partial charge in [0, 0.05) is 5.56 Å². The molecule has 94 valence electrons. The van der Waals surface area contributed by atoms with Gasteiger partial charge in [0.1, 0.15) is 11.2 Å². The first-order valence-corrected chi connectivity index (χ1v) is 5.28. The van der Waals surface area contributed by atoms with Gasteiger partial charge in [-0.25, -0.2) is 4.39 Å². The number of imide groups is 1. The van der Waals surface area contributed by atoms with Crippen LogP contribution in [0.5, 0.6) is 0 Å². The van der Waals surface area contributed by atoms with Crippen molar-refractivity contribution in [3.63, 3.8) is 0 Å². The molecule has 18 heavy (non-hydrogen) atoms. The van der Waals surface area contributed by atoms with E-state index in [9.17, 15) is 24.1 Å². The molecule has 0 saturated carbocycles. The second kappa shape index (κ2) is 4.34. The van der Waals surface area contributed by atoms with Crippen LogP contribution in [0.4, 0.5) is 10.1 Å². The number of nitrogens with zero attached hydrogens (tertiary/aromatic N) is 1. The Bertz CT molecular complexity index is 563. The summed E-state index contributed by atoms with van der Waals surface area (Å²) in [6.07, 6.45) is 0. The highest BCUT2D eigenvalue weighted by molar-refractivity contribution is 6.37. The number of carbonyl (C=O) groups is 2. The van der Waals surface area contributed by atoms with Crippen molar-refractivity contribution in [3.8, 4) is 0 Å². The zero-order valence-electron chi connectivity index (χ0n) is 8.72. The van der Waals surface area contributed by atoms with E-state index in [2.05, 4.69) is 0 Å². The molecule has 1 fully saturated rings. The number of carbonyl (C=O) groups excluding carboxylic acids is 2. The van der Waals surface area contributed by atoms with Crippen molar-refractivity contribution in [1.82, 2.24) is 5.32 Å². The Kier molecular flexibility index (Phi) is 3.00. The van der Waals surface area contributed by atoms with Crippen LogP contribution in [-0.4, -0.2) is 22.1 Å². The summed E-state index contributed by atoms with van der Waals surface area (Å²) in [7, 11) is 0. The highest BCUT2D eigenvalue weighted by Crippen LogP contribution is 2.34. The van der Waals surface area contributed by atoms with E-state index < -0.39 is 39.5 Å². The summed E-state index contributed by atoms with van der Waals surface area (Å²) in [6, 6.07) is 2.75. The highest BCUT2D eigenvalue weighted by atomic mass is 35.5. The van der Waals surface area contributed by atoms with Gasteiger partial charge in [-0.2, -0.15) is 0 Å². The fourth-order valence-electron chi connectivity index (χ4n) is 1.79. The third kappa shape index (κ3) is 1.92. The molecule has 2 amide bonds. The smallest absolute Gasteiger partial charge is 0.276 e. The SMILES string of the molecule is O=C1NC(=O)C(c2ccc(F)cc2[N+](=O)[O-])C1Cl. The lowest BCUT2D eigenvalue weighted by molar-refractivity contribution is -0.385. The van der Waals surface area contributed by atoms with Crippen molar-refractivity contribution in [3.05, 3.63) is 39.7 Å². The Morgan fingerprint density at radius 1 is 1.33 bits per heavy atom. The minimum absolute atomic E-state index is 0.0789. The molecule has 1 aliphatic heterocycles. The summed E-state index contributed by atoms with van der Waals surface area (Å²) in [5.41, 5.74) is -0.653. The van der Waals surface area contributed by atoms with Crippen LogP contribution in [0, 0.1) is 15.9 Å². The lowest BCUT2D eigenvalue weighted by Gasteiger charge is -2.10. The van der Waals surface area contributed by atoms with E-state index in [0.717, 1.165) is 12.1 Å². The van der Waals surface area contributed by atoms with Gasteiger partial charge in [0.15, 0.2) is 0 Å². The molecule has 0 spiro atoms. The van der Waals surface area contributed by atoms with Crippen molar-refractivity contribution in [2.45, 2.75) is 11.3 Å². The molecule has 8 heteroatoms. The maximum Gasteiger partial charge on any atom is 0.276 e. The van der Waals surface area contributed by atoms with Crippen molar-refractivity contribution >= 4 is 29.1 Å². The highest BCUT2D eigenvalue weighted by Gasteiger charge is 2.44. The molecule has 1 N–H and O–H groups in total. The van der Waals surface area contributed by atoms with E-state index in [0.29, 0.717) is 6.07 Å². The third-order valence-corrected chi connectivity index (χ3v) is 3.05. The maximum atomic E-state index is 13.0. The number of halogens is 2. The predicted molar refractivity (Wildman–Crippen MR) is 58.6 cm³/mol. The minimum Gasteiger partial charge on any atom is -0.295 e. The predicted octanol–water partition coefficient (Wildman–Crippen LogP) is 1.08. The summed E-state index contributed by atoms with van der Waals surface area (Å²) in [5.74, 6) is -3.43. The van der Waals surface area contributed by atoms with Crippen LogP contribution in [-0.2, 0) is 9.59 Å². The van der Waals surface area contributed by atoms with Crippen molar-refractivity contribution < 1.29 is 18.9 Å². The van der Waals surface area contributed by atoms with Gasteiger partial charge in [0.25, 0.3) is 5.69 Å². The van der Waals surface area contributed by atoms with Gasteiger partial charge in [0.2, 0.25) is 11.8 Å². The molecule has 0 aliphatic carbocycles. The molecule has 0 aromatic heterocycles. The fraction of sp³-hybridized carbons (Fsp3) is 0.200. The molecule has 1 saturated heterocycles. The topological polar surface area (TPSA) is 89.3 Å². The van der Waals surface area contributed by atoms with Crippen LogP contribution in [0.2, 0.25) is 0 Å². The lowest BCUT2D eigenvalue weighted by Crippen LogP contribution is -2.22. The standard InChI is InChI=1S/C10H6ClFN2O4/c11-8-7(9(15)13-10(8)16)5-2-1-4(12)3-6(5)14(17)18/h1-3,7-8H,(H,13,15,16). The van der Waals surface area contributed by atoms with Gasteiger partial charge in [-0.15, -0.1) is 11.6 Å². The molecule has 0 bridgehead atoms. The maximum absolute atomic E-state index is 13.0. The van der Waals surface area contributed by atoms with Gasteiger partial charge >= 0.3 is 0 Å². The lowest BCUT2D eigenvalue weighted by atomic mass is 9.95. The molecular formula is C10H6ClFN2O4. The summed E-state index contributed by atoms with van der Waals surface area (Å²) in [4.78, 5) is 32.7. The Hall–Kier alpha value is -2.02. The number of benzene rings is 1. The number of nitro groups is 1. The number of hydrogen-bond acceptors (Lipinski definition) is 4. The first-order valence-electron chi connectivity index (χ1n) is 4.84. The van der Waals surface area contributed by atoms with Crippen LogP contribution >= 0.6 is 11.6 Å². The van der Waals surface area contributed by atoms with Crippen LogP contribution in [0.1, 0.15) is 11.5 Å². The van der Waals surface area contributed by atoms with Gasteiger partial charge in [0.05, 0.1) is 16.9 Å². The Labute approximate surface area is 105 Å². The van der Waals surface area contributed by atoms with Crippen LogP contribution < -0.4 is 5.32 Å². The van der Waals surface area contributed by atoms with Crippen molar-refractivity contribution in [2.75, 3.05) is 0 Å². The van der Waals surface area contributed by atoms with Gasteiger partial charge < -0.3 is 0 Å². The van der Waals surface area contributed by atoms with E-state index in [1.807, 2.05) is 5.32 Å². The largest absolute Gasteiger partial charge is 0.295 e. The fourth-order valence-corrected chi connectivity index (χ4v) is 2.09. The zero-order chi connectivity index (χ0) is 13.4. The molecule has 2 unspecified atom stereocenters. The average Bonchev–Trinajstić information content (AvgIpc) is 2.54. The number of nitro benzene ring substituents is 1. The zero-order valence-corrected chi connectivity index (χ0v) is 9.48. The molecule has 1 aliphatic rings. The third-order valence-electron chi connectivity index (χ3n) is 2.60.